The highest BCUT2D eigenvalue weighted by Crippen LogP contribution is 2.17. The Morgan fingerprint density at radius 3 is 3.23 bits per heavy atom. The molecule has 5 heteroatoms. The lowest BCUT2D eigenvalue weighted by molar-refractivity contribution is -0.0296. The lowest BCUT2D eigenvalue weighted by atomic mass is 10.0. The van der Waals surface area contributed by atoms with Gasteiger partial charge in [0.2, 0.25) is 0 Å². The van der Waals surface area contributed by atoms with Gasteiger partial charge in [-0.2, -0.15) is 0 Å². The molecule has 1 N–H and O–H groups in total. The molecule has 0 saturated carbocycles. The molecule has 3 atom stereocenters. The normalized spacial score (nSPS) is 38.2. The molecule has 2 aliphatic rings. The fourth-order valence-corrected chi connectivity index (χ4v) is 2.72. The van der Waals surface area contributed by atoms with Gasteiger partial charge in [-0.15, -0.1) is 0 Å². The number of ether oxygens (including phenoxy) is 1. The maximum atomic E-state index is 11.2. The van der Waals surface area contributed by atoms with Gasteiger partial charge in [0.1, 0.15) is 0 Å². The Kier molecular flexibility index (Phi) is 2.98. The van der Waals surface area contributed by atoms with E-state index < -0.39 is 11.0 Å². The Labute approximate surface area is 81.2 Å². The van der Waals surface area contributed by atoms with Crippen molar-refractivity contribution in [3.8, 4) is 0 Å². The number of rotatable bonds is 1. The molecule has 76 valence electrons. The summed E-state index contributed by atoms with van der Waals surface area (Å²) in [5.41, 5.74) is 0. The molecule has 4 nitrogen and oxygen atoms in total. The summed E-state index contributed by atoms with van der Waals surface area (Å²) in [5.74, 6) is 0. The van der Waals surface area contributed by atoms with Crippen molar-refractivity contribution >= 4 is 11.0 Å². The summed E-state index contributed by atoms with van der Waals surface area (Å²) in [5, 5.41) is 3.40. The topological polar surface area (TPSA) is 41.6 Å². The first-order valence-electron chi connectivity index (χ1n) is 4.71. The highest BCUT2D eigenvalue weighted by molar-refractivity contribution is 7.81. The Morgan fingerprint density at radius 2 is 2.46 bits per heavy atom. The average Bonchev–Trinajstić information content (AvgIpc) is 2.17. The van der Waals surface area contributed by atoms with Crippen molar-refractivity contribution < 1.29 is 8.95 Å². The molecule has 0 bridgehead atoms. The molecular formula is C8H16N2O2S. The van der Waals surface area contributed by atoms with Crippen molar-refractivity contribution in [1.82, 2.24) is 9.62 Å². The Bertz CT molecular complexity index is 212. The minimum absolute atomic E-state index is 0.341. The van der Waals surface area contributed by atoms with Crippen molar-refractivity contribution in [3.63, 3.8) is 0 Å². The van der Waals surface area contributed by atoms with E-state index in [0.717, 1.165) is 32.7 Å². The van der Waals surface area contributed by atoms with Gasteiger partial charge in [0, 0.05) is 31.9 Å². The van der Waals surface area contributed by atoms with E-state index in [4.69, 9.17) is 4.74 Å². The van der Waals surface area contributed by atoms with Gasteiger partial charge in [0.15, 0.2) is 0 Å². The molecule has 3 unspecified atom stereocenters. The van der Waals surface area contributed by atoms with Crippen LogP contribution in [0.15, 0.2) is 0 Å². The number of nitrogens with zero attached hydrogens (tertiary/aromatic N) is 1. The monoisotopic (exact) mass is 204 g/mol. The van der Waals surface area contributed by atoms with Gasteiger partial charge in [-0.25, -0.2) is 8.51 Å². The standard InChI is InChI=1S/C8H16N2O2S/c1-13(11)10-4-2-8-7(6-10)9-3-5-12-8/h7-9H,2-6H2,1H3. The highest BCUT2D eigenvalue weighted by Gasteiger charge is 2.32. The predicted molar refractivity (Wildman–Crippen MR) is 51.8 cm³/mol. The minimum Gasteiger partial charge on any atom is -0.375 e. The van der Waals surface area contributed by atoms with Crippen LogP contribution in [0.4, 0.5) is 0 Å². The number of nitrogens with one attached hydrogen (secondary N) is 1. The lowest BCUT2D eigenvalue weighted by Gasteiger charge is -2.40. The first-order chi connectivity index (χ1) is 6.27. The van der Waals surface area contributed by atoms with Crippen molar-refractivity contribution in [2.75, 3.05) is 32.5 Å². The Hall–Kier alpha value is 0.0300. The molecule has 0 aliphatic carbocycles. The SMILES string of the molecule is CS(=O)N1CCC2OCCNC2C1. The summed E-state index contributed by atoms with van der Waals surface area (Å²) >= 11 is 0. The Morgan fingerprint density at radius 1 is 1.62 bits per heavy atom. The van der Waals surface area contributed by atoms with E-state index in [-0.39, 0.29) is 0 Å². The number of hydrogen-bond acceptors (Lipinski definition) is 3. The average molecular weight is 204 g/mol. The predicted octanol–water partition coefficient (Wildman–Crippen LogP) is -0.657. The van der Waals surface area contributed by atoms with Crippen molar-refractivity contribution in [1.29, 1.82) is 0 Å². The molecule has 0 spiro atoms. The molecule has 2 aliphatic heterocycles. The smallest absolute Gasteiger partial charge is 0.0911 e. The van der Waals surface area contributed by atoms with Gasteiger partial charge >= 0.3 is 0 Å². The van der Waals surface area contributed by atoms with Crippen LogP contribution < -0.4 is 5.32 Å². The van der Waals surface area contributed by atoms with E-state index in [9.17, 15) is 4.21 Å². The van der Waals surface area contributed by atoms with Crippen LogP contribution in [-0.2, 0) is 15.7 Å². The summed E-state index contributed by atoms with van der Waals surface area (Å²) in [7, 11) is -0.829. The molecule has 0 aromatic carbocycles. The molecule has 2 heterocycles. The third-order valence-electron chi connectivity index (χ3n) is 2.72. The van der Waals surface area contributed by atoms with Crippen molar-refractivity contribution in [2.24, 2.45) is 0 Å². The van der Waals surface area contributed by atoms with E-state index >= 15 is 0 Å². The summed E-state index contributed by atoms with van der Waals surface area (Å²) in [6, 6.07) is 0.381. The molecule has 0 aromatic heterocycles. The van der Waals surface area contributed by atoms with Crippen LogP contribution in [0.5, 0.6) is 0 Å². The zero-order valence-corrected chi connectivity index (χ0v) is 8.68. The van der Waals surface area contributed by atoms with Crippen LogP contribution >= 0.6 is 0 Å². The molecule has 2 fully saturated rings. The number of morpholine rings is 1. The second-order valence-electron chi connectivity index (χ2n) is 3.57. The third-order valence-corrected chi connectivity index (χ3v) is 3.78. The quantitative estimate of drug-likeness (QED) is 0.617. The minimum atomic E-state index is -0.829. The zero-order valence-electron chi connectivity index (χ0n) is 7.86. The van der Waals surface area contributed by atoms with Gasteiger partial charge in [-0.1, -0.05) is 0 Å². The third kappa shape index (κ3) is 2.10. The maximum Gasteiger partial charge on any atom is 0.0911 e. The van der Waals surface area contributed by atoms with Gasteiger partial charge in [-0.05, 0) is 6.42 Å². The highest BCUT2D eigenvalue weighted by atomic mass is 32.2. The maximum absolute atomic E-state index is 11.2. The van der Waals surface area contributed by atoms with E-state index in [1.54, 1.807) is 6.26 Å². The summed E-state index contributed by atoms with van der Waals surface area (Å²) in [4.78, 5) is 0. The first-order valence-corrected chi connectivity index (χ1v) is 6.22. The largest absolute Gasteiger partial charge is 0.375 e. The molecule has 2 saturated heterocycles. The molecule has 2 rings (SSSR count). The summed E-state index contributed by atoms with van der Waals surface area (Å²) < 4.78 is 18.9. The second kappa shape index (κ2) is 4.04. The van der Waals surface area contributed by atoms with Crippen molar-refractivity contribution in [3.05, 3.63) is 0 Å². The Balaban J connectivity index is 1.95. The summed E-state index contributed by atoms with van der Waals surface area (Å²) in [6.45, 7) is 3.49. The fraction of sp³-hybridized carbons (Fsp3) is 1.00. The fourth-order valence-electron chi connectivity index (χ4n) is 1.98. The number of fused-ring (bicyclic) bond motifs is 1. The van der Waals surface area contributed by atoms with Gasteiger partial charge in [0.05, 0.1) is 23.7 Å². The summed E-state index contributed by atoms with van der Waals surface area (Å²) in [6.07, 6.45) is 3.08. The van der Waals surface area contributed by atoms with Gasteiger partial charge in [-0.3, -0.25) is 0 Å². The first kappa shape index (κ1) is 9.58. The van der Waals surface area contributed by atoms with E-state index in [1.807, 2.05) is 4.31 Å². The van der Waals surface area contributed by atoms with Crippen LogP contribution in [-0.4, -0.2) is 53.2 Å². The van der Waals surface area contributed by atoms with E-state index in [0.29, 0.717) is 12.1 Å². The lowest BCUT2D eigenvalue weighted by Crippen LogP contribution is -2.58. The van der Waals surface area contributed by atoms with Crippen LogP contribution in [0, 0.1) is 0 Å². The van der Waals surface area contributed by atoms with Gasteiger partial charge in [0.25, 0.3) is 0 Å². The van der Waals surface area contributed by atoms with Gasteiger partial charge < -0.3 is 10.1 Å². The second-order valence-corrected chi connectivity index (χ2v) is 4.93. The number of hydrogen-bond donors (Lipinski definition) is 1. The molecule has 0 radical (unpaired) electrons. The van der Waals surface area contributed by atoms with Crippen LogP contribution in [0.25, 0.3) is 0 Å². The molecular weight excluding hydrogens is 188 g/mol. The van der Waals surface area contributed by atoms with E-state index in [1.165, 1.54) is 0 Å². The number of piperidine rings is 1. The van der Waals surface area contributed by atoms with Crippen molar-refractivity contribution in [2.45, 2.75) is 18.6 Å². The zero-order chi connectivity index (χ0) is 9.26. The van der Waals surface area contributed by atoms with Crippen LogP contribution in [0.1, 0.15) is 6.42 Å². The van der Waals surface area contributed by atoms with Crippen LogP contribution in [0.3, 0.4) is 0 Å². The molecule has 13 heavy (non-hydrogen) atoms. The molecule has 0 aromatic rings. The molecule has 0 amide bonds. The van der Waals surface area contributed by atoms with Crippen LogP contribution in [0.2, 0.25) is 0 Å². The van der Waals surface area contributed by atoms with E-state index in [2.05, 4.69) is 5.32 Å².